The molecule has 5 rings (SSSR count). The Bertz CT molecular complexity index is 1050. The molecule has 9 heteroatoms. The van der Waals surface area contributed by atoms with Crippen molar-refractivity contribution in [3.8, 4) is 0 Å². The van der Waals surface area contributed by atoms with Crippen molar-refractivity contribution in [3.63, 3.8) is 0 Å². The molecule has 0 aromatic carbocycles. The van der Waals surface area contributed by atoms with Crippen LogP contribution in [0.1, 0.15) is 54.6 Å². The largest absolute Gasteiger partial charge is 0.357 e. The molecule has 27 heavy (non-hydrogen) atoms. The van der Waals surface area contributed by atoms with E-state index in [9.17, 15) is 4.79 Å². The Hall–Kier alpha value is -1.45. The van der Waals surface area contributed by atoms with Gasteiger partial charge in [0, 0.05) is 10.9 Å². The molecule has 0 aliphatic heterocycles. The predicted octanol–water partition coefficient (Wildman–Crippen LogP) is 4.39. The summed E-state index contributed by atoms with van der Waals surface area (Å²) in [5, 5.41) is 13.6. The molecule has 2 aliphatic carbocycles. The van der Waals surface area contributed by atoms with E-state index in [1.807, 2.05) is 0 Å². The molecular formula is C18H21N5OS3. The van der Waals surface area contributed by atoms with Gasteiger partial charge in [0.1, 0.15) is 10.7 Å². The zero-order valence-electron chi connectivity index (χ0n) is 15.2. The van der Waals surface area contributed by atoms with Crippen molar-refractivity contribution in [3.05, 3.63) is 26.6 Å². The third-order valence-electron chi connectivity index (χ3n) is 5.16. The zero-order chi connectivity index (χ0) is 18.5. The van der Waals surface area contributed by atoms with E-state index in [4.69, 9.17) is 4.98 Å². The molecule has 142 valence electrons. The molecule has 2 atom stereocenters. The van der Waals surface area contributed by atoms with Gasteiger partial charge in [0.15, 0.2) is 4.34 Å². The summed E-state index contributed by atoms with van der Waals surface area (Å²) in [6.45, 7) is 4.34. The number of nitrogens with zero attached hydrogens (tertiary/aromatic N) is 3. The van der Waals surface area contributed by atoms with Crippen molar-refractivity contribution in [2.45, 2.75) is 61.6 Å². The lowest BCUT2D eigenvalue weighted by atomic mass is 9.89. The minimum Gasteiger partial charge on any atom is -0.357 e. The number of rotatable bonds is 5. The van der Waals surface area contributed by atoms with Crippen LogP contribution in [-0.4, -0.2) is 26.2 Å². The van der Waals surface area contributed by atoms with Gasteiger partial charge in [-0.3, -0.25) is 4.79 Å². The van der Waals surface area contributed by atoms with Gasteiger partial charge in [-0.1, -0.05) is 30.0 Å². The van der Waals surface area contributed by atoms with Gasteiger partial charge in [-0.2, -0.15) is 0 Å². The Morgan fingerprint density at radius 1 is 1.26 bits per heavy atom. The Labute approximate surface area is 169 Å². The Balaban J connectivity index is 1.40. The van der Waals surface area contributed by atoms with Gasteiger partial charge < -0.3 is 10.3 Å². The van der Waals surface area contributed by atoms with Crippen LogP contribution >= 0.6 is 34.4 Å². The average Bonchev–Trinajstić information content (AvgIpc) is 3.20. The van der Waals surface area contributed by atoms with Crippen molar-refractivity contribution < 1.29 is 0 Å². The number of H-pyrrole nitrogens is 1. The molecule has 1 saturated carbocycles. The fourth-order valence-corrected chi connectivity index (χ4v) is 6.90. The first-order valence-corrected chi connectivity index (χ1v) is 11.9. The monoisotopic (exact) mass is 419 g/mol. The van der Waals surface area contributed by atoms with Crippen molar-refractivity contribution in [1.29, 1.82) is 0 Å². The minimum atomic E-state index is 0.00264. The zero-order valence-corrected chi connectivity index (χ0v) is 17.7. The highest BCUT2D eigenvalue weighted by Gasteiger charge is 2.25. The first-order chi connectivity index (χ1) is 13.1. The highest BCUT2D eigenvalue weighted by atomic mass is 32.2. The summed E-state index contributed by atoms with van der Waals surface area (Å²) in [5.74, 6) is 1.41. The molecule has 3 aromatic rings. The molecule has 0 radical (unpaired) electrons. The predicted molar refractivity (Wildman–Crippen MR) is 112 cm³/mol. The molecule has 6 nitrogen and oxygen atoms in total. The standard InChI is InChI=1S/C18H21N5OS3/c1-8-3-6-11-12(7-8)26-16-13(11)15(24)20-14(21-16)9(2)25-18-23-22-17(27-18)19-10-4-5-10/h8-10H,3-7H2,1-2H3,(H,19,22)(H,20,21,24). The molecule has 0 amide bonds. The van der Waals surface area contributed by atoms with E-state index in [1.54, 1.807) is 34.4 Å². The maximum Gasteiger partial charge on any atom is 0.259 e. The number of aromatic amines is 1. The average molecular weight is 420 g/mol. The number of nitrogens with one attached hydrogen (secondary N) is 2. The molecule has 0 spiro atoms. The molecule has 2 N–H and O–H groups in total. The molecule has 3 aromatic heterocycles. The number of thiophene rings is 1. The molecule has 2 aliphatic rings. The maximum atomic E-state index is 12.8. The lowest BCUT2D eigenvalue weighted by Crippen LogP contribution is -2.15. The van der Waals surface area contributed by atoms with Crippen LogP contribution in [-0.2, 0) is 12.8 Å². The van der Waals surface area contributed by atoms with Crippen LogP contribution in [0.3, 0.4) is 0 Å². The van der Waals surface area contributed by atoms with E-state index in [2.05, 4.69) is 34.3 Å². The Morgan fingerprint density at radius 3 is 2.93 bits per heavy atom. The third kappa shape index (κ3) is 3.52. The van der Waals surface area contributed by atoms with Crippen molar-refractivity contribution >= 4 is 49.8 Å². The van der Waals surface area contributed by atoms with E-state index < -0.39 is 0 Å². The summed E-state index contributed by atoms with van der Waals surface area (Å²) in [6.07, 6.45) is 5.64. The Morgan fingerprint density at radius 2 is 2.11 bits per heavy atom. The summed E-state index contributed by atoms with van der Waals surface area (Å²) in [5.41, 5.74) is 1.23. The van der Waals surface area contributed by atoms with E-state index in [-0.39, 0.29) is 10.8 Å². The van der Waals surface area contributed by atoms with Gasteiger partial charge in [-0.25, -0.2) is 4.98 Å². The fraction of sp³-hybridized carbons (Fsp3) is 0.556. The lowest BCUT2D eigenvalue weighted by molar-refractivity contribution is 0.509. The minimum absolute atomic E-state index is 0.00264. The highest BCUT2D eigenvalue weighted by molar-refractivity contribution is 8.01. The first-order valence-electron chi connectivity index (χ1n) is 9.38. The topological polar surface area (TPSA) is 83.6 Å². The SMILES string of the molecule is CC1CCc2c(sc3nc(C(C)Sc4nnc(NC5CC5)s4)[nH]c(=O)c23)C1. The smallest absolute Gasteiger partial charge is 0.259 e. The van der Waals surface area contributed by atoms with Crippen LogP contribution < -0.4 is 10.9 Å². The van der Waals surface area contributed by atoms with Gasteiger partial charge in [0.05, 0.1) is 10.6 Å². The third-order valence-corrected chi connectivity index (χ3v) is 8.35. The van der Waals surface area contributed by atoms with Gasteiger partial charge in [0.25, 0.3) is 5.56 Å². The van der Waals surface area contributed by atoms with E-state index in [1.165, 1.54) is 23.3 Å². The Kier molecular flexibility index (Phi) is 4.48. The summed E-state index contributed by atoms with van der Waals surface area (Å²) < 4.78 is 0.896. The van der Waals surface area contributed by atoms with Crippen LogP contribution in [0.15, 0.2) is 9.13 Å². The van der Waals surface area contributed by atoms with Crippen molar-refractivity contribution in [2.75, 3.05) is 5.32 Å². The number of fused-ring (bicyclic) bond motifs is 3. The van der Waals surface area contributed by atoms with Gasteiger partial charge >= 0.3 is 0 Å². The van der Waals surface area contributed by atoms with E-state index in [0.29, 0.717) is 12.0 Å². The second kappa shape index (κ2) is 6.86. The number of anilines is 1. The highest BCUT2D eigenvalue weighted by Crippen LogP contribution is 2.39. The van der Waals surface area contributed by atoms with Crippen molar-refractivity contribution in [1.82, 2.24) is 20.2 Å². The van der Waals surface area contributed by atoms with Gasteiger partial charge in [0.2, 0.25) is 5.13 Å². The molecule has 0 saturated heterocycles. The molecule has 2 unspecified atom stereocenters. The molecular weight excluding hydrogens is 398 g/mol. The number of aryl methyl sites for hydroxylation is 1. The van der Waals surface area contributed by atoms with E-state index >= 15 is 0 Å². The number of thioether (sulfide) groups is 1. The fourth-order valence-electron chi connectivity index (χ4n) is 3.48. The summed E-state index contributed by atoms with van der Waals surface area (Å²) in [7, 11) is 0. The van der Waals surface area contributed by atoms with Crippen LogP contribution in [0.5, 0.6) is 0 Å². The molecule has 3 heterocycles. The second-order valence-electron chi connectivity index (χ2n) is 7.53. The summed E-state index contributed by atoms with van der Waals surface area (Å²) >= 11 is 4.86. The van der Waals surface area contributed by atoms with Crippen LogP contribution in [0.2, 0.25) is 0 Å². The van der Waals surface area contributed by atoms with Crippen LogP contribution in [0, 0.1) is 5.92 Å². The van der Waals surface area contributed by atoms with Crippen molar-refractivity contribution in [2.24, 2.45) is 5.92 Å². The number of aromatic nitrogens is 4. The first kappa shape index (κ1) is 17.6. The second-order valence-corrected chi connectivity index (χ2v) is 11.2. The van der Waals surface area contributed by atoms with Gasteiger partial charge in [-0.15, -0.1) is 21.5 Å². The van der Waals surface area contributed by atoms with Crippen LogP contribution in [0.4, 0.5) is 5.13 Å². The van der Waals surface area contributed by atoms with Crippen LogP contribution in [0.25, 0.3) is 10.2 Å². The van der Waals surface area contributed by atoms with Gasteiger partial charge in [-0.05, 0) is 50.5 Å². The normalized spacial score (nSPS) is 20.6. The number of hydrogen-bond acceptors (Lipinski definition) is 8. The molecule has 1 fully saturated rings. The number of hydrogen-bond donors (Lipinski definition) is 2. The molecule has 0 bridgehead atoms. The lowest BCUT2D eigenvalue weighted by Gasteiger charge is -2.17. The summed E-state index contributed by atoms with van der Waals surface area (Å²) in [4.78, 5) is 22.8. The van der Waals surface area contributed by atoms with E-state index in [0.717, 1.165) is 44.8 Å². The summed E-state index contributed by atoms with van der Waals surface area (Å²) in [6, 6.07) is 0.571. The quantitative estimate of drug-likeness (QED) is 0.597. The maximum absolute atomic E-state index is 12.8.